The molecule has 2 aliphatic carbocycles. The van der Waals surface area contributed by atoms with Gasteiger partial charge in [0.25, 0.3) is 0 Å². The van der Waals surface area contributed by atoms with Crippen molar-refractivity contribution in [1.29, 1.82) is 0 Å². The van der Waals surface area contributed by atoms with E-state index in [1.54, 1.807) is 0 Å². The topological polar surface area (TPSA) is 45.9 Å². The van der Waals surface area contributed by atoms with Gasteiger partial charge in [-0.05, 0) is 103 Å². The molecule has 5 heteroatoms. The molecule has 3 heterocycles. The van der Waals surface area contributed by atoms with Crippen molar-refractivity contribution in [3.63, 3.8) is 0 Å². The first-order valence-electron chi connectivity index (χ1n) is 25.2. The highest BCUT2D eigenvalue weighted by Gasteiger charge is 2.28. The minimum absolute atomic E-state index is 0.523. The maximum absolute atomic E-state index is 7.15. The summed E-state index contributed by atoms with van der Waals surface area (Å²) in [6.45, 7) is 0. The Balaban J connectivity index is 0.950. The van der Waals surface area contributed by atoms with E-state index in [9.17, 15) is 0 Å². The van der Waals surface area contributed by atoms with Crippen LogP contribution in [0.2, 0.25) is 0 Å². The van der Waals surface area contributed by atoms with Gasteiger partial charge in [-0.1, -0.05) is 160 Å². The molecule has 2 saturated carbocycles. The SMILES string of the molecule is c1ccc(N(c2ccc3c(c2)oc2cc(N(c4ccccc4)c4cccc5c4oc4c(C6CCCCC6)cccc45)c4ccccc4c23)c2cccc3c2oc2c(C4CCCCC4)cccc23)cc1. The molecule has 0 atom stereocenters. The molecule has 14 rings (SSSR count). The third-order valence-corrected chi connectivity index (χ3v) is 15.6. The molecule has 5 nitrogen and oxygen atoms in total. The lowest BCUT2D eigenvalue weighted by molar-refractivity contribution is 0.442. The lowest BCUT2D eigenvalue weighted by atomic mass is 9.83. The minimum atomic E-state index is 0.523. The first kappa shape index (κ1) is 40.3. The average Bonchev–Trinajstić information content (AvgIpc) is 4.12. The zero-order chi connectivity index (χ0) is 45.4. The Kier molecular flexibility index (Phi) is 9.63. The molecule has 9 aromatic carbocycles. The fourth-order valence-electron chi connectivity index (χ4n) is 12.4. The van der Waals surface area contributed by atoms with Crippen LogP contribution in [0.5, 0.6) is 0 Å². The first-order chi connectivity index (χ1) is 34.2. The molecule has 12 aromatic rings. The summed E-state index contributed by atoms with van der Waals surface area (Å²) in [5.41, 5.74) is 14.3. The molecule has 0 spiro atoms. The van der Waals surface area contributed by atoms with Crippen LogP contribution in [0.1, 0.15) is 87.2 Å². The van der Waals surface area contributed by atoms with E-state index in [1.165, 1.54) is 86.1 Å². The molecule has 0 radical (unpaired) electrons. The van der Waals surface area contributed by atoms with E-state index in [1.807, 2.05) is 0 Å². The number of rotatable bonds is 8. The monoisotopic (exact) mass is 896 g/mol. The third kappa shape index (κ3) is 6.58. The van der Waals surface area contributed by atoms with Crippen LogP contribution in [0.15, 0.2) is 195 Å². The smallest absolute Gasteiger partial charge is 0.159 e. The molecule has 0 amide bonds. The van der Waals surface area contributed by atoms with Gasteiger partial charge in [-0.2, -0.15) is 0 Å². The van der Waals surface area contributed by atoms with Crippen LogP contribution in [0, 0.1) is 0 Å². The van der Waals surface area contributed by atoms with Gasteiger partial charge in [0, 0.05) is 61.2 Å². The highest BCUT2D eigenvalue weighted by atomic mass is 16.3. The second-order valence-corrected chi connectivity index (χ2v) is 19.6. The van der Waals surface area contributed by atoms with E-state index in [0.29, 0.717) is 11.8 Å². The van der Waals surface area contributed by atoms with Crippen molar-refractivity contribution in [1.82, 2.24) is 0 Å². The Hall–Kier alpha value is -7.76. The lowest BCUT2D eigenvalue weighted by Gasteiger charge is -2.27. The van der Waals surface area contributed by atoms with Gasteiger partial charge in [0.15, 0.2) is 11.2 Å². The van der Waals surface area contributed by atoms with Crippen LogP contribution in [0.4, 0.5) is 34.1 Å². The Morgan fingerprint density at radius 2 is 0.783 bits per heavy atom. The number of nitrogens with zero attached hydrogens (tertiary/aromatic N) is 2. The quantitative estimate of drug-likeness (QED) is 0.152. The Bertz CT molecular complexity index is 3890. The Labute approximate surface area is 401 Å². The average molecular weight is 897 g/mol. The maximum Gasteiger partial charge on any atom is 0.159 e. The summed E-state index contributed by atoms with van der Waals surface area (Å²) in [4.78, 5) is 4.70. The molecular weight excluding hydrogens is 845 g/mol. The fourth-order valence-corrected chi connectivity index (χ4v) is 12.4. The molecule has 3 aromatic heterocycles. The van der Waals surface area contributed by atoms with Gasteiger partial charge >= 0.3 is 0 Å². The van der Waals surface area contributed by atoms with Crippen LogP contribution in [0.3, 0.4) is 0 Å². The van der Waals surface area contributed by atoms with Gasteiger partial charge in [-0.3, -0.25) is 0 Å². The molecular formula is C64H52N2O3. The maximum atomic E-state index is 7.15. The fraction of sp³-hybridized carbons (Fsp3) is 0.188. The summed E-state index contributed by atoms with van der Waals surface area (Å²) in [6, 6.07) is 65.7. The van der Waals surface area contributed by atoms with Gasteiger partial charge in [0.05, 0.1) is 22.7 Å². The molecule has 0 bridgehead atoms. The molecule has 0 aliphatic heterocycles. The van der Waals surface area contributed by atoms with Crippen molar-refractivity contribution >= 4 is 111 Å². The van der Waals surface area contributed by atoms with E-state index in [2.05, 4.69) is 192 Å². The van der Waals surface area contributed by atoms with E-state index < -0.39 is 0 Å². The summed E-state index contributed by atoms with van der Waals surface area (Å²) < 4.78 is 21.4. The van der Waals surface area contributed by atoms with Gasteiger partial charge in [-0.25, -0.2) is 0 Å². The highest BCUT2D eigenvalue weighted by Crippen LogP contribution is 2.50. The van der Waals surface area contributed by atoms with Gasteiger partial charge < -0.3 is 23.1 Å². The summed E-state index contributed by atoms with van der Waals surface area (Å²) in [6.07, 6.45) is 12.6. The van der Waals surface area contributed by atoms with Crippen molar-refractivity contribution in [3.8, 4) is 0 Å². The number of para-hydroxylation sites is 6. The number of furan rings is 3. The van der Waals surface area contributed by atoms with Crippen molar-refractivity contribution in [3.05, 3.63) is 193 Å². The second-order valence-electron chi connectivity index (χ2n) is 19.6. The Morgan fingerprint density at radius 3 is 1.36 bits per heavy atom. The molecule has 0 unspecified atom stereocenters. The number of anilines is 6. The lowest BCUT2D eigenvalue weighted by Crippen LogP contribution is -2.10. The number of benzene rings is 9. The summed E-state index contributed by atoms with van der Waals surface area (Å²) in [5.74, 6) is 1.05. The van der Waals surface area contributed by atoms with Crippen LogP contribution < -0.4 is 9.80 Å². The van der Waals surface area contributed by atoms with Crippen molar-refractivity contribution in [2.45, 2.75) is 76.0 Å². The molecule has 0 N–H and O–H groups in total. The molecule has 2 fully saturated rings. The second kappa shape index (κ2) is 16.5. The summed E-state index contributed by atoms with van der Waals surface area (Å²) in [7, 11) is 0. The zero-order valence-electron chi connectivity index (χ0n) is 38.7. The predicted molar refractivity (Wildman–Crippen MR) is 287 cm³/mol. The van der Waals surface area contributed by atoms with E-state index in [0.717, 1.165) is 99.9 Å². The molecule has 2 aliphatic rings. The van der Waals surface area contributed by atoms with E-state index in [-0.39, 0.29) is 0 Å². The standard InChI is InChI=1S/C64H52N2O3/c1-5-19-41(20-6-1)46-29-15-31-50-52-33-17-35-55(63(52)68-61(46)50)65(43-23-9-3-10-24-43)45-37-38-54-58(39-45)67-59-40-57(48-27-13-14-28-49(48)60(54)59)66(44-25-11-4-12-26-44)56-36-18-34-53-51-32-16-30-47(62(51)69-64(53)56)42-21-7-2-8-22-42/h3-4,9-18,23-42H,1-2,5-8,19-22H2. The summed E-state index contributed by atoms with van der Waals surface area (Å²) in [5, 5.41) is 9.07. The van der Waals surface area contributed by atoms with Gasteiger partial charge in [-0.15, -0.1) is 0 Å². The van der Waals surface area contributed by atoms with Crippen molar-refractivity contribution in [2.75, 3.05) is 9.80 Å². The van der Waals surface area contributed by atoms with Crippen LogP contribution >= 0.6 is 0 Å². The van der Waals surface area contributed by atoms with Gasteiger partial charge in [0.1, 0.15) is 22.3 Å². The third-order valence-electron chi connectivity index (χ3n) is 15.6. The number of fused-ring (bicyclic) bond motifs is 11. The van der Waals surface area contributed by atoms with Gasteiger partial charge in [0.2, 0.25) is 0 Å². The summed E-state index contributed by atoms with van der Waals surface area (Å²) >= 11 is 0. The Morgan fingerprint density at radius 1 is 0.304 bits per heavy atom. The van der Waals surface area contributed by atoms with Crippen LogP contribution in [-0.2, 0) is 0 Å². The molecule has 69 heavy (non-hydrogen) atoms. The molecule has 0 saturated heterocycles. The molecule has 336 valence electrons. The van der Waals surface area contributed by atoms with Crippen molar-refractivity contribution in [2.24, 2.45) is 0 Å². The van der Waals surface area contributed by atoms with E-state index >= 15 is 0 Å². The van der Waals surface area contributed by atoms with Crippen LogP contribution in [-0.4, -0.2) is 0 Å². The minimum Gasteiger partial charge on any atom is -0.456 e. The van der Waals surface area contributed by atoms with E-state index in [4.69, 9.17) is 13.3 Å². The number of hydrogen-bond acceptors (Lipinski definition) is 5. The normalized spacial score (nSPS) is 15.1. The predicted octanol–water partition coefficient (Wildman–Crippen LogP) is 19.6. The highest BCUT2D eigenvalue weighted by molar-refractivity contribution is 6.23. The van der Waals surface area contributed by atoms with Crippen molar-refractivity contribution < 1.29 is 13.3 Å². The van der Waals surface area contributed by atoms with Crippen LogP contribution in [0.25, 0.3) is 76.6 Å². The first-order valence-corrected chi connectivity index (χ1v) is 25.2. The largest absolute Gasteiger partial charge is 0.456 e. The zero-order valence-corrected chi connectivity index (χ0v) is 38.7. The number of hydrogen-bond donors (Lipinski definition) is 0.